The van der Waals surface area contributed by atoms with Crippen molar-refractivity contribution in [3.63, 3.8) is 0 Å². The summed E-state index contributed by atoms with van der Waals surface area (Å²) in [4.78, 5) is 39.5. The van der Waals surface area contributed by atoms with Crippen molar-refractivity contribution < 1.29 is 14.7 Å². The van der Waals surface area contributed by atoms with Gasteiger partial charge >= 0.3 is 5.97 Å². The van der Waals surface area contributed by atoms with Gasteiger partial charge in [0.25, 0.3) is 5.91 Å². The molecule has 0 saturated carbocycles. The lowest BCUT2D eigenvalue weighted by Gasteiger charge is -2.38. The average molecular weight is 474 g/mol. The van der Waals surface area contributed by atoms with Crippen LogP contribution in [-0.2, 0) is 11.2 Å². The molecule has 8 heteroatoms. The average Bonchev–Trinajstić information content (AvgIpc) is 2.92. The lowest BCUT2D eigenvalue weighted by atomic mass is 9.85. The third-order valence-electron chi connectivity index (χ3n) is 7.46. The number of benzene rings is 1. The molecular formula is C27H31N5O3. The van der Waals surface area contributed by atoms with Crippen LogP contribution in [0.5, 0.6) is 0 Å². The van der Waals surface area contributed by atoms with E-state index in [-0.39, 0.29) is 23.6 Å². The Hall–Kier alpha value is -3.68. The van der Waals surface area contributed by atoms with Gasteiger partial charge in [-0.25, -0.2) is 4.79 Å². The van der Waals surface area contributed by atoms with Gasteiger partial charge in [-0.3, -0.25) is 14.8 Å². The number of hydrogen-bond donors (Lipinski definition) is 1. The van der Waals surface area contributed by atoms with Gasteiger partial charge in [0.1, 0.15) is 6.67 Å². The molecule has 1 unspecified atom stereocenters. The van der Waals surface area contributed by atoms with E-state index >= 15 is 0 Å². The Bertz CT molecular complexity index is 1150. The summed E-state index contributed by atoms with van der Waals surface area (Å²) in [6.07, 6.45) is 11.5. The predicted octanol–water partition coefficient (Wildman–Crippen LogP) is 3.51. The van der Waals surface area contributed by atoms with Crippen LogP contribution < -0.4 is 4.90 Å². The zero-order valence-corrected chi connectivity index (χ0v) is 20.0. The summed E-state index contributed by atoms with van der Waals surface area (Å²) in [6, 6.07) is 10.3. The third-order valence-corrected chi connectivity index (χ3v) is 7.46. The molecule has 1 fully saturated rings. The second-order valence-corrected chi connectivity index (χ2v) is 9.52. The topological polar surface area (TPSA) is 89.3 Å². The van der Waals surface area contributed by atoms with E-state index in [0.29, 0.717) is 12.2 Å². The minimum atomic E-state index is -0.977. The van der Waals surface area contributed by atoms with E-state index in [2.05, 4.69) is 20.9 Å². The Kier molecular flexibility index (Phi) is 6.53. The fourth-order valence-corrected chi connectivity index (χ4v) is 5.47. The SMILES string of the molecule is CN(C(=O)c1ccc2c(c1)C(N1C=C(C(=O)O)C=NC1)CCC2)C1CCN(c2ccncc2)CC1. The third kappa shape index (κ3) is 4.78. The second-order valence-electron chi connectivity index (χ2n) is 9.52. The monoisotopic (exact) mass is 473 g/mol. The summed E-state index contributed by atoms with van der Waals surface area (Å²) in [5, 5.41) is 9.39. The molecule has 1 aliphatic carbocycles. The van der Waals surface area contributed by atoms with Crippen LogP contribution in [0.4, 0.5) is 5.69 Å². The zero-order valence-electron chi connectivity index (χ0n) is 20.0. The van der Waals surface area contributed by atoms with Crippen molar-refractivity contribution in [2.75, 3.05) is 31.7 Å². The van der Waals surface area contributed by atoms with Gasteiger partial charge in [0, 0.05) is 62.2 Å². The number of pyridine rings is 1. The van der Waals surface area contributed by atoms with Crippen LogP contribution in [0.25, 0.3) is 0 Å². The fourth-order valence-electron chi connectivity index (χ4n) is 5.47. The molecule has 1 N–H and O–H groups in total. The first-order chi connectivity index (χ1) is 17.0. The van der Waals surface area contributed by atoms with Gasteiger partial charge < -0.3 is 19.8 Å². The molecule has 2 aromatic rings. The van der Waals surface area contributed by atoms with E-state index in [0.717, 1.165) is 50.8 Å². The fraction of sp³-hybridized carbons (Fsp3) is 0.407. The number of aromatic nitrogens is 1. The Morgan fingerprint density at radius 1 is 1.09 bits per heavy atom. The predicted molar refractivity (Wildman–Crippen MR) is 135 cm³/mol. The maximum Gasteiger partial charge on any atom is 0.338 e. The first kappa shape index (κ1) is 23.1. The number of hydrogen-bond acceptors (Lipinski definition) is 6. The van der Waals surface area contributed by atoms with Crippen LogP contribution in [0.1, 0.15) is 53.2 Å². The molecule has 1 aromatic heterocycles. The molecule has 35 heavy (non-hydrogen) atoms. The van der Waals surface area contributed by atoms with Crippen molar-refractivity contribution in [2.24, 2.45) is 4.99 Å². The molecule has 3 heterocycles. The van der Waals surface area contributed by atoms with Crippen LogP contribution in [-0.4, -0.2) is 70.8 Å². The highest BCUT2D eigenvalue weighted by Crippen LogP contribution is 2.36. The first-order valence-corrected chi connectivity index (χ1v) is 12.3. The normalized spacial score (nSPS) is 20.3. The number of amides is 1. The Labute approximate surface area is 205 Å². The summed E-state index contributed by atoms with van der Waals surface area (Å²) in [5.74, 6) is -0.937. The van der Waals surface area contributed by atoms with Crippen LogP contribution in [0.15, 0.2) is 59.5 Å². The zero-order chi connectivity index (χ0) is 24.4. The molecule has 182 valence electrons. The molecule has 1 atom stereocenters. The van der Waals surface area contributed by atoms with Crippen LogP contribution in [0, 0.1) is 0 Å². The number of carbonyl (C=O) groups is 2. The van der Waals surface area contributed by atoms with Crippen molar-refractivity contribution in [1.82, 2.24) is 14.8 Å². The summed E-state index contributed by atoms with van der Waals surface area (Å²) >= 11 is 0. The first-order valence-electron chi connectivity index (χ1n) is 12.3. The number of aliphatic carboxylic acids is 1. The highest BCUT2D eigenvalue weighted by atomic mass is 16.4. The number of carboxylic acids is 1. The van der Waals surface area contributed by atoms with Crippen molar-refractivity contribution >= 4 is 23.8 Å². The maximum absolute atomic E-state index is 13.5. The van der Waals surface area contributed by atoms with Crippen molar-refractivity contribution in [2.45, 2.75) is 44.2 Å². The van der Waals surface area contributed by atoms with Gasteiger partial charge in [0.15, 0.2) is 0 Å². The van der Waals surface area contributed by atoms with Crippen molar-refractivity contribution in [1.29, 1.82) is 0 Å². The number of carbonyl (C=O) groups excluding carboxylic acids is 1. The molecule has 0 spiro atoms. The summed E-state index contributed by atoms with van der Waals surface area (Å²) in [5.41, 5.74) is 4.40. The highest BCUT2D eigenvalue weighted by molar-refractivity contribution is 6.08. The van der Waals surface area contributed by atoms with Crippen molar-refractivity contribution in [3.05, 3.63) is 71.2 Å². The van der Waals surface area contributed by atoms with Gasteiger partial charge in [-0.05, 0) is 67.5 Å². The van der Waals surface area contributed by atoms with Gasteiger partial charge in [-0.2, -0.15) is 0 Å². The number of fused-ring (bicyclic) bond motifs is 1. The Morgan fingerprint density at radius 2 is 1.86 bits per heavy atom. The van der Waals surface area contributed by atoms with Gasteiger partial charge in [-0.1, -0.05) is 6.07 Å². The molecule has 0 bridgehead atoms. The lowest BCUT2D eigenvalue weighted by Crippen LogP contribution is -2.45. The van der Waals surface area contributed by atoms with E-state index in [1.54, 1.807) is 6.20 Å². The van der Waals surface area contributed by atoms with E-state index in [1.165, 1.54) is 17.5 Å². The number of aryl methyl sites for hydroxylation is 1. The van der Waals surface area contributed by atoms with E-state index in [4.69, 9.17) is 0 Å². The summed E-state index contributed by atoms with van der Waals surface area (Å²) in [7, 11) is 1.91. The number of rotatable bonds is 5. The molecule has 3 aliphatic rings. The van der Waals surface area contributed by atoms with Crippen LogP contribution in [0.2, 0.25) is 0 Å². The second kappa shape index (κ2) is 9.90. The summed E-state index contributed by atoms with van der Waals surface area (Å²) < 4.78 is 0. The number of nitrogens with zero attached hydrogens (tertiary/aromatic N) is 5. The van der Waals surface area contributed by atoms with Crippen LogP contribution >= 0.6 is 0 Å². The smallest absolute Gasteiger partial charge is 0.338 e. The van der Waals surface area contributed by atoms with E-state index in [1.807, 2.05) is 53.5 Å². The van der Waals surface area contributed by atoms with Crippen LogP contribution in [0.3, 0.4) is 0 Å². The van der Waals surface area contributed by atoms with Gasteiger partial charge in [-0.15, -0.1) is 0 Å². The lowest BCUT2D eigenvalue weighted by molar-refractivity contribution is -0.132. The molecule has 0 radical (unpaired) electrons. The largest absolute Gasteiger partial charge is 0.478 e. The number of aliphatic imine (C=N–C) groups is 1. The number of carboxylic acid groups (broad SMARTS) is 1. The Balaban J connectivity index is 1.30. The number of piperidine rings is 1. The molecule has 2 aliphatic heterocycles. The molecule has 1 amide bonds. The molecule has 8 nitrogen and oxygen atoms in total. The maximum atomic E-state index is 13.5. The van der Waals surface area contributed by atoms with Gasteiger partial charge in [0.2, 0.25) is 0 Å². The van der Waals surface area contributed by atoms with E-state index < -0.39 is 5.97 Å². The minimum Gasteiger partial charge on any atom is -0.478 e. The van der Waals surface area contributed by atoms with E-state index in [9.17, 15) is 14.7 Å². The molecule has 5 rings (SSSR count). The molecule has 1 saturated heterocycles. The quantitative estimate of drug-likeness (QED) is 0.715. The number of anilines is 1. The molecule has 1 aromatic carbocycles. The van der Waals surface area contributed by atoms with Gasteiger partial charge in [0.05, 0.1) is 11.6 Å². The highest BCUT2D eigenvalue weighted by Gasteiger charge is 2.30. The van der Waals surface area contributed by atoms with Crippen molar-refractivity contribution in [3.8, 4) is 0 Å². The summed E-state index contributed by atoms with van der Waals surface area (Å²) in [6.45, 7) is 2.24. The Morgan fingerprint density at radius 3 is 2.60 bits per heavy atom. The standard InChI is InChI=1S/C27H31N5O3/c1-30(22-9-13-31(14-10-22)23-7-11-28-12-8-23)26(33)20-6-5-19-3-2-4-25(24(19)15-20)32-17-21(27(34)35)16-29-18-32/h5-8,11-12,15-17,22,25H,2-4,9-10,13-14,18H2,1H3,(H,34,35). The molecular weight excluding hydrogens is 442 g/mol. The minimum absolute atomic E-state index is 0.0206.